The number of aliphatic hydroxyl groups is 1. The van der Waals surface area contributed by atoms with E-state index in [1.165, 1.54) is 13.2 Å². The first-order chi connectivity index (χ1) is 7.13. The first-order valence-corrected chi connectivity index (χ1v) is 4.85. The molecule has 0 atom stereocenters. The second-order valence-electron chi connectivity index (χ2n) is 2.75. The number of nitrogens with zero attached hydrogens (tertiary/aromatic N) is 1. The number of rotatable bonds is 2. The largest absolute Gasteiger partial charge is 0.465 e. The molecule has 1 N–H and O–H groups in total. The number of carbonyl (C=O) groups excluding carboxylic acids is 1. The van der Waals surface area contributed by atoms with E-state index in [0.29, 0.717) is 10.0 Å². The molecule has 0 heterocycles. The van der Waals surface area contributed by atoms with Crippen molar-refractivity contribution in [3.63, 3.8) is 0 Å². The Morgan fingerprint density at radius 2 is 2.33 bits per heavy atom. The van der Waals surface area contributed by atoms with Gasteiger partial charge < -0.3 is 9.84 Å². The van der Waals surface area contributed by atoms with Gasteiger partial charge in [0.15, 0.2) is 0 Å². The summed E-state index contributed by atoms with van der Waals surface area (Å²) in [6.07, 6.45) is 0. The van der Waals surface area contributed by atoms with Gasteiger partial charge in [-0.2, -0.15) is 5.26 Å². The van der Waals surface area contributed by atoms with Gasteiger partial charge in [-0.1, -0.05) is 15.9 Å². The van der Waals surface area contributed by atoms with Crippen LogP contribution in [0.1, 0.15) is 21.5 Å². The molecule has 1 aromatic rings. The fraction of sp³-hybridized carbons (Fsp3) is 0.200. The quantitative estimate of drug-likeness (QED) is 0.828. The van der Waals surface area contributed by atoms with Crippen molar-refractivity contribution in [3.05, 3.63) is 33.3 Å². The highest BCUT2D eigenvalue weighted by molar-refractivity contribution is 9.10. The smallest absolute Gasteiger partial charge is 0.339 e. The standard InChI is InChI=1S/C10H8BrNO3/c1-15-10(14)8-3-7(11)2-6(5-13)9(8)4-12/h2-3,13H,5H2,1H3. The summed E-state index contributed by atoms with van der Waals surface area (Å²) in [5.41, 5.74) is 0.693. The Balaban J connectivity index is 3.43. The van der Waals surface area contributed by atoms with Crippen LogP contribution in [0, 0.1) is 11.3 Å². The Labute approximate surface area is 95.2 Å². The molecule has 15 heavy (non-hydrogen) atoms. The fourth-order valence-corrected chi connectivity index (χ4v) is 1.70. The highest BCUT2D eigenvalue weighted by atomic mass is 79.9. The fourth-order valence-electron chi connectivity index (χ4n) is 1.19. The number of nitriles is 1. The molecule has 0 aliphatic heterocycles. The molecule has 1 rings (SSSR count). The van der Waals surface area contributed by atoms with Gasteiger partial charge in [-0.15, -0.1) is 0 Å². The van der Waals surface area contributed by atoms with Gasteiger partial charge in [0.05, 0.1) is 24.8 Å². The predicted molar refractivity (Wildman–Crippen MR) is 56.1 cm³/mol. The third-order valence-corrected chi connectivity index (χ3v) is 2.33. The van der Waals surface area contributed by atoms with Crippen LogP contribution in [-0.4, -0.2) is 18.2 Å². The molecule has 0 aliphatic carbocycles. The second-order valence-corrected chi connectivity index (χ2v) is 3.66. The zero-order valence-corrected chi connectivity index (χ0v) is 9.54. The topological polar surface area (TPSA) is 70.3 Å². The maximum absolute atomic E-state index is 11.3. The van der Waals surface area contributed by atoms with E-state index in [9.17, 15) is 4.79 Å². The van der Waals surface area contributed by atoms with Gasteiger partial charge in [0.1, 0.15) is 6.07 Å². The lowest BCUT2D eigenvalue weighted by Gasteiger charge is -2.06. The molecule has 0 amide bonds. The molecular weight excluding hydrogens is 262 g/mol. The number of carbonyl (C=O) groups is 1. The van der Waals surface area contributed by atoms with E-state index in [1.54, 1.807) is 6.07 Å². The molecule has 0 fully saturated rings. The first-order valence-electron chi connectivity index (χ1n) is 4.05. The van der Waals surface area contributed by atoms with Gasteiger partial charge in [0.2, 0.25) is 0 Å². The Bertz CT molecular complexity index is 437. The van der Waals surface area contributed by atoms with Gasteiger partial charge in [-0.05, 0) is 17.7 Å². The minimum atomic E-state index is -0.595. The number of esters is 1. The number of aliphatic hydroxyl groups excluding tert-OH is 1. The monoisotopic (exact) mass is 269 g/mol. The average Bonchev–Trinajstić information content (AvgIpc) is 2.26. The zero-order valence-electron chi connectivity index (χ0n) is 7.95. The van der Waals surface area contributed by atoms with Crippen molar-refractivity contribution in [1.29, 1.82) is 5.26 Å². The van der Waals surface area contributed by atoms with Crippen molar-refractivity contribution in [2.45, 2.75) is 6.61 Å². The van der Waals surface area contributed by atoms with Crippen molar-refractivity contribution in [1.82, 2.24) is 0 Å². The Kier molecular flexibility index (Phi) is 3.83. The average molecular weight is 270 g/mol. The van der Waals surface area contributed by atoms with Crippen LogP contribution in [0.2, 0.25) is 0 Å². The lowest BCUT2D eigenvalue weighted by Crippen LogP contribution is -2.06. The van der Waals surface area contributed by atoms with E-state index in [4.69, 9.17) is 10.4 Å². The van der Waals surface area contributed by atoms with Crippen LogP contribution in [-0.2, 0) is 11.3 Å². The summed E-state index contributed by atoms with van der Waals surface area (Å²) in [5, 5.41) is 17.9. The number of methoxy groups -OCH3 is 1. The molecule has 5 heteroatoms. The SMILES string of the molecule is COC(=O)c1cc(Br)cc(CO)c1C#N. The summed E-state index contributed by atoms with van der Waals surface area (Å²) in [6.45, 7) is -0.299. The van der Waals surface area contributed by atoms with E-state index in [-0.39, 0.29) is 17.7 Å². The molecule has 0 spiro atoms. The normalized spacial score (nSPS) is 9.47. The van der Waals surface area contributed by atoms with Crippen molar-refractivity contribution >= 4 is 21.9 Å². The molecule has 4 nitrogen and oxygen atoms in total. The highest BCUT2D eigenvalue weighted by Crippen LogP contribution is 2.21. The summed E-state index contributed by atoms with van der Waals surface area (Å²) in [5.74, 6) is -0.595. The maximum Gasteiger partial charge on any atom is 0.339 e. The molecule has 78 valence electrons. The minimum absolute atomic E-state index is 0.146. The van der Waals surface area contributed by atoms with Crippen molar-refractivity contribution in [2.24, 2.45) is 0 Å². The molecule has 0 saturated heterocycles. The van der Waals surface area contributed by atoms with E-state index < -0.39 is 5.97 Å². The molecule has 0 radical (unpaired) electrons. The number of hydrogen-bond donors (Lipinski definition) is 1. The predicted octanol–water partition coefficient (Wildman–Crippen LogP) is 1.60. The molecule has 0 aromatic heterocycles. The molecule has 1 aromatic carbocycles. The Morgan fingerprint density at radius 3 is 2.80 bits per heavy atom. The molecule has 0 bridgehead atoms. The van der Waals surface area contributed by atoms with Gasteiger partial charge in [-0.25, -0.2) is 4.79 Å². The highest BCUT2D eigenvalue weighted by Gasteiger charge is 2.16. The summed E-state index contributed by atoms with van der Waals surface area (Å²) in [4.78, 5) is 11.3. The van der Waals surface area contributed by atoms with Crippen LogP contribution in [0.5, 0.6) is 0 Å². The Morgan fingerprint density at radius 1 is 1.67 bits per heavy atom. The zero-order chi connectivity index (χ0) is 11.4. The van der Waals surface area contributed by atoms with Gasteiger partial charge in [0, 0.05) is 4.47 Å². The van der Waals surface area contributed by atoms with Crippen LogP contribution in [0.3, 0.4) is 0 Å². The van der Waals surface area contributed by atoms with Gasteiger partial charge >= 0.3 is 5.97 Å². The maximum atomic E-state index is 11.3. The Hall–Kier alpha value is -1.38. The van der Waals surface area contributed by atoms with E-state index in [0.717, 1.165) is 0 Å². The summed E-state index contributed by atoms with van der Waals surface area (Å²) < 4.78 is 5.16. The number of hydrogen-bond acceptors (Lipinski definition) is 4. The van der Waals surface area contributed by atoms with E-state index in [1.807, 2.05) is 6.07 Å². The molecule has 0 unspecified atom stereocenters. The lowest BCUT2D eigenvalue weighted by molar-refractivity contribution is 0.0600. The van der Waals surface area contributed by atoms with Crippen molar-refractivity contribution in [3.8, 4) is 6.07 Å². The first kappa shape index (κ1) is 11.7. The molecule has 0 aliphatic rings. The van der Waals surface area contributed by atoms with Crippen molar-refractivity contribution in [2.75, 3.05) is 7.11 Å². The third-order valence-electron chi connectivity index (χ3n) is 1.87. The van der Waals surface area contributed by atoms with Crippen LogP contribution >= 0.6 is 15.9 Å². The molecular formula is C10H8BrNO3. The van der Waals surface area contributed by atoms with E-state index >= 15 is 0 Å². The van der Waals surface area contributed by atoms with Crippen molar-refractivity contribution < 1.29 is 14.6 Å². The van der Waals surface area contributed by atoms with Crippen LogP contribution in [0.4, 0.5) is 0 Å². The van der Waals surface area contributed by atoms with E-state index in [2.05, 4.69) is 20.7 Å². The minimum Gasteiger partial charge on any atom is -0.465 e. The summed E-state index contributed by atoms with van der Waals surface area (Å²) >= 11 is 3.19. The van der Waals surface area contributed by atoms with Crippen LogP contribution in [0.25, 0.3) is 0 Å². The molecule has 0 saturated carbocycles. The number of halogens is 1. The number of benzene rings is 1. The summed E-state index contributed by atoms with van der Waals surface area (Å²) in [7, 11) is 1.24. The van der Waals surface area contributed by atoms with Gasteiger partial charge in [0.25, 0.3) is 0 Å². The number of ether oxygens (including phenoxy) is 1. The summed E-state index contributed by atoms with van der Waals surface area (Å²) in [6, 6.07) is 4.95. The van der Waals surface area contributed by atoms with Crippen LogP contribution < -0.4 is 0 Å². The second kappa shape index (κ2) is 4.91. The van der Waals surface area contributed by atoms with Crippen LogP contribution in [0.15, 0.2) is 16.6 Å². The lowest BCUT2D eigenvalue weighted by atomic mass is 10.0. The third kappa shape index (κ3) is 2.35. The van der Waals surface area contributed by atoms with Gasteiger partial charge in [-0.3, -0.25) is 0 Å².